The van der Waals surface area contributed by atoms with Crippen LogP contribution in [0.4, 0.5) is 0 Å². The van der Waals surface area contributed by atoms with Gasteiger partial charge in [0.15, 0.2) is 5.69 Å². The molecule has 0 radical (unpaired) electrons. The van der Waals surface area contributed by atoms with Gasteiger partial charge in [0.2, 0.25) is 5.75 Å². The number of aromatic nitrogens is 2. The van der Waals surface area contributed by atoms with Crippen molar-refractivity contribution in [2.75, 3.05) is 5.84 Å². The highest BCUT2D eigenvalue weighted by Gasteiger charge is 2.35. The van der Waals surface area contributed by atoms with E-state index in [1.165, 1.54) is 12.1 Å². The second-order valence-corrected chi connectivity index (χ2v) is 3.63. The molecule has 1 heterocycles. The molecule has 1 aromatic heterocycles. The second-order valence-electron chi connectivity index (χ2n) is 3.63. The summed E-state index contributed by atoms with van der Waals surface area (Å²) < 4.78 is 0.780. The molecule has 0 bridgehead atoms. The fraction of sp³-hybridized carbons (Fsp3) is 0.100. The van der Waals surface area contributed by atoms with Crippen molar-refractivity contribution in [2.45, 2.75) is 5.97 Å². The van der Waals surface area contributed by atoms with Crippen LogP contribution in [0.1, 0.15) is 5.69 Å². The van der Waals surface area contributed by atoms with Crippen LogP contribution in [0.3, 0.4) is 0 Å². The highest BCUT2D eigenvalue weighted by molar-refractivity contribution is 5.36. The summed E-state index contributed by atoms with van der Waals surface area (Å²) in [7, 11) is 0. The molecule has 0 atom stereocenters. The maximum absolute atomic E-state index is 11.7. The lowest BCUT2D eigenvalue weighted by Gasteiger charge is -2.15. The van der Waals surface area contributed by atoms with E-state index >= 15 is 0 Å². The van der Waals surface area contributed by atoms with Gasteiger partial charge in [-0.05, 0) is 12.1 Å². The van der Waals surface area contributed by atoms with Crippen molar-refractivity contribution in [1.82, 2.24) is 9.47 Å². The Morgan fingerprint density at radius 3 is 2.11 bits per heavy atom. The average molecular weight is 253 g/mol. The number of rotatable bonds is 2. The summed E-state index contributed by atoms with van der Waals surface area (Å²) >= 11 is 0. The van der Waals surface area contributed by atoms with E-state index in [0.717, 1.165) is 4.68 Å². The molecule has 18 heavy (non-hydrogen) atoms. The van der Waals surface area contributed by atoms with Crippen molar-refractivity contribution in [1.29, 1.82) is 0 Å². The Hall–Kier alpha value is -2.29. The fourth-order valence-corrected chi connectivity index (χ4v) is 1.63. The number of nitrogens with two attached hydrogens (primary N) is 1. The van der Waals surface area contributed by atoms with E-state index in [-0.39, 0.29) is 5.69 Å². The third-order valence-electron chi connectivity index (χ3n) is 2.38. The summed E-state index contributed by atoms with van der Waals surface area (Å²) in [6, 6.07) is 7.97. The normalized spacial score (nSPS) is 11.7. The standard InChI is InChI=1S/C10H11N3O5/c11-13-8(10(16,17)18)7(14)9(15)12(13)6-4-2-1-3-5-6/h1-5,14,16-18H,11H2. The van der Waals surface area contributed by atoms with Crippen molar-refractivity contribution in [3.63, 3.8) is 0 Å². The van der Waals surface area contributed by atoms with Crippen LogP contribution in [0.15, 0.2) is 35.1 Å². The molecular formula is C10H11N3O5. The largest absolute Gasteiger partial charge is 0.501 e. The predicted molar refractivity (Wildman–Crippen MR) is 60.2 cm³/mol. The molecule has 0 fully saturated rings. The van der Waals surface area contributed by atoms with E-state index < -0.39 is 23.0 Å². The SMILES string of the molecule is Nn1c(C(O)(O)O)c(O)c(=O)n1-c1ccccc1. The van der Waals surface area contributed by atoms with Crippen molar-refractivity contribution in [3.05, 3.63) is 46.4 Å². The predicted octanol–water partition coefficient (Wildman–Crippen LogP) is -1.85. The zero-order valence-electron chi connectivity index (χ0n) is 9.06. The molecule has 0 aliphatic heterocycles. The van der Waals surface area contributed by atoms with Crippen LogP contribution >= 0.6 is 0 Å². The number of nitrogen functional groups attached to an aromatic ring is 1. The topological polar surface area (TPSA) is 134 Å². The first-order chi connectivity index (χ1) is 8.34. The molecule has 1 aromatic carbocycles. The highest BCUT2D eigenvalue weighted by Crippen LogP contribution is 2.22. The van der Waals surface area contributed by atoms with Crippen LogP contribution in [-0.2, 0) is 5.97 Å². The van der Waals surface area contributed by atoms with Gasteiger partial charge in [0, 0.05) is 0 Å². The van der Waals surface area contributed by atoms with E-state index in [4.69, 9.17) is 21.2 Å². The summed E-state index contributed by atoms with van der Waals surface area (Å²) in [5, 5.41) is 36.6. The molecule has 0 amide bonds. The van der Waals surface area contributed by atoms with Gasteiger partial charge in [-0.1, -0.05) is 18.2 Å². The molecule has 0 spiro atoms. The van der Waals surface area contributed by atoms with Crippen LogP contribution < -0.4 is 11.4 Å². The lowest BCUT2D eigenvalue weighted by atomic mass is 10.3. The Labute approximate surface area is 100 Å². The Morgan fingerprint density at radius 1 is 1.11 bits per heavy atom. The summed E-state index contributed by atoms with van der Waals surface area (Å²) in [6.45, 7) is 0. The van der Waals surface area contributed by atoms with Gasteiger partial charge in [-0.15, -0.1) is 0 Å². The number of para-hydroxylation sites is 1. The molecule has 0 unspecified atom stereocenters. The van der Waals surface area contributed by atoms with Crippen LogP contribution in [0.2, 0.25) is 0 Å². The summed E-state index contributed by atoms with van der Waals surface area (Å²) in [5.41, 5.74) is -1.62. The first-order valence-corrected chi connectivity index (χ1v) is 4.89. The van der Waals surface area contributed by atoms with Gasteiger partial charge in [0.05, 0.1) is 5.69 Å². The third kappa shape index (κ3) is 1.74. The molecule has 0 aliphatic rings. The van der Waals surface area contributed by atoms with Gasteiger partial charge in [-0.2, -0.15) is 9.47 Å². The first-order valence-electron chi connectivity index (χ1n) is 4.89. The quantitative estimate of drug-likeness (QED) is 0.315. The number of benzene rings is 1. The smallest absolute Gasteiger partial charge is 0.328 e. The molecule has 96 valence electrons. The fourth-order valence-electron chi connectivity index (χ4n) is 1.63. The Bertz CT molecular complexity index is 623. The molecule has 0 saturated carbocycles. The van der Waals surface area contributed by atoms with Crippen LogP contribution in [0, 0.1) is 0 Å². The number of hydrogen-bond acceptors (Lipinski definition) is 6. The van der Waals surface area contributed by atoms with E-state index in [1.54, 1.807) is 18.2 Å². The monoisotopic (exact) mass is 253 g/mol. The van der Waals surface area contributed by atoms with Gasteiger partial charge < -0.3 is 26.3 Å². The van der Waals surface area contributed by atoms with Crippen LogP contribution in [0.25, 0.3) is 5.69 Å². The van der Waals surface area contributed by atoms with E-state index in [9.17, 15) is 9.90 Å². The number of aliphatic hydroxyl groups is 3. The Balaban J connectivity index is 2.77. The first kappa shape index (κ1) is 12.2. The average Bonchev–Trinajstić information content (AvgIpc) is 2.50. The maximum atomic E-state index is 11.7. The summed E-state index contributed by atoms with van der Waals surface area (Å²) in [4.78, 5) is 12.2. The molecule has 8 nitrogen and oxygen atoms in total. The van der Waals surface area contributed by atoms with E-state index in [1.807, 2.05) is 0 Å². The van der Waals surface area contributed by atoms with Crippen molar-refractivity contribution in [3.8, 4) is 11.4 Å². The Morgan fingerprint density at radius 2 is 1.67 bits per heavy atom. The zero-order valence-corrected chi connectivity index (χ0v) is 9.06. The van der Waals surface area contributed by atoms with Crippen molar-refractivity contribution >= 4 is 0 Å². The minimum atomic E-state index is -3.42. The lowest BCUT2D eigenvalue weighted by molar-refractivity contribution is -0.328. The van der Waals surface area contributed by atoms with Crippen molar-refractivity contribution in [2.24, 2.45) is 0 Å². The zero-order chi connectivity index (χ0) is 13.5. The molecule has 8 heteroatoms. The maximum Gasteiger partial charge on any atom is 0.328 e. The van der Waals surface area contributed by atoms with Gasteiger partial charge in [-0.25, -0.2) is 0 Å². The van der Waals surface area contributed by atoms with Gasteiger partial charge >= 0.3 is 11.5 Å². The number of aromatic hydroxyl groups is 1. The summed E-state index contributed by atoms with van der Waals surface area (Å²) in [6.07, 6.45) is 0. The molecule has 2 rings (SSSR count). The third-order valence-corrected chi connectivity index (χ3v) is 2.38. The minimum absolute atomic E-state index is 0.288. The van der Waals surface area contributed by atoms with Crippen molar-refractivity contribution < 1.29 is 20.4 Å². The number of nitrogens with zero attached hydrogens (tertiary/aromatic N) is 2. The van der Waals surface area contributed by atoms with E-state index in [2.05, 4.69) is 0 Å². The molecular weight excluding hydrogens is 242 g/mol. The highest BCUT2D eigenvalue weighted by atomic mass is 16.7. The number of hydrogen-bond donors (Lipinski definition) is 5. The minimum Gasteiger partial charge on any atom is -0.501 e. The van der Waals surface area contributed by atoms with Gasteiger partial charge in [0.25, 0.3) is 0 Å². The van der Waals surface area contributed by atoms with Gasteiger partial charge in [0.1, 0.15) is 0 Å². The lowest BCUT2D eigenvalue weighted by Crippen LogP contribution is -2.34. The van der Waals surface area contributed by atoms with E-state index in [0.29, 0.717) is 4.79 Å². The second kappa shape index (κ2) is 3.88. The summed E-state index contributed by atoms with van der Waals surface area (Å²) in [5.74, 6) is 0.997. The Kier molecular flexibility index (Phi) is 2.62. The molecule has 6 N–H and O–H groups in total. The van der Waals surface area contributed by atoms with Crippen LogP contribution in [0.5, 0.6) is 5.75 Å². The molecule has 0 saturated heterocycles. The van der Waals surface area contributed by atoms with Crippen LogP contribution in [-0.4, -0.2) is 29.9 Å². The van der Waals surface area contributed by atoms with Gasteiger partial charge in [-0.3, -0.25) is 4.79 Å². The molecule has 2 aromatic rings. The molecule has 0 aliphatic carbocycles.